The first kappa shape index (κ1) is 17.5. The van der Waals surface area contributed by atoms with E-state index in [0.29, 0.717) is 13.2 Å². The minimum atomic E-state index is -0.160. The Morgan fingerprint density at radius 3 is 2.43 bits per heavy atom. The third kappa shape index (κ3) is 8.35. The lowest BCUT2D eigenvalue weighted by atomic mass is 10.1. The van der Waals surface area contributed by atoms with Gasteiger partial charge in [0.25, 0.3) is 0 Å². The zero-order chi connectivity index (χ0) is 15.3. The summed E-state index contributed by atoms with van der Waals surface area (Å²) in [6.45, 7) is 6.44. The van der Waals surface area contributed by atoms with E-state index in [4.69, 9.17) is 4.74 Å². The first-order valence-corrected chi connectivity index (χ1v) is 7.97. The molecule has 1 aromatic carbocycles. The average molecular weight is 292 g/mol. The van der Waals surface area contributed by atoms with Crippen molar-refractivity contribution in [3.05, 3.63) is 29.8 Å². The molecule has 0 fully saturated rings. The van der Waals surface area contributed by atoms with Gasteiger partial charge in [0.05, 0.1) is 0 Å². The number of benzene rings is 1. The normalized spacial score (nSPS) is 10.4. The number of urea groups is 1. The number of nitrogens with one attached hydrogen (secondary N) is 2. The molecule has 0 saturated carbocycles. The highest BCUT2D eigenvalue weighted by Gasteiger charge is 2.01. The van der Waals surface area contributed by atoms with Gasteiger partial charge in [0, 0.05) is 25.4 Å². The third-order valence-corrected chi connectivity index (χ3v) is 3.14. The maximum Gasteiger partial charge on any atom is 0.319 e. The highest BCUT2D eigenvalue weighted by Crippen LogP contribution is 2.10. The maximum absolute atomic E-state index is 11.7. The predicted molar refractivity (Wildman–Crippen MR) is 87.8 cm³/mol. The SMILES string of the molecule is CCCCOCCCNC(=O)Nc1ccc(CCC)cc1. The molecular weight excluding hydrogens is 264 g/mol. The number of anilines is 1. The second kappa shape index (κ2) is 11.1. The minimum absolute atomic E-state index is 0.160. The van der Waals surface area contributed by atoms with Gasteiger partial charge in [0.1, 0.15) is 0 Å². The van der Waals surface area contributed by atoms with E-state index in [2.05, 4.69) is 36.6 Å². The molecular formula is C17H28N2O2. The number of ether oxygens (including phenoxy) is 1. The molecule has 0 saturated heterocycles. The van der Waals surface area contributed by atoms with Crippen LogP contribution in [0.1, 0.15) is 45.1 Å². The van der Waals surface area contributed by atoms with Crippen LogP contribution < -0.4 is 10.6 Å². The molecule has 21 heavy (non-hydrogen) atoms. The molecule has 0 bridgehead atoms. The van der Waals surface area contributed by atoms with Crippen molar-refractivity contribution < 1.29 is 9.53 Å². The van der Waals surface area contributed by atoms with E-state index in [1.54, 1.807) is 0 Å². The fraction of sp³-hybridized carbons (Fsp3) is 0.588. The standard InChI is InChI=1S/C17H28N2O2/c1-3-5-13-21-14-6-12-18-17(20)19-16-10-8-15(7-4-2)9-11-16/h8-11H,3-7,12-14H2,1-2H3,(H2,18,19,20). The fourth-order valence-corrected chi connectivity index (χ4v) is 1.94. The predicted octanol–water partition coefficient (Wildman–Crippen LogP) is 3.97. The second-order valence-electron chi connectivity index (χ2n) is 5.15. The first-order valence-electron chi connectivity index (χ1n) is 7.97. The summed E-state index contributed by atoms with van der Waals surface area (Å²) in [5, 5.41) is 5.66. The number of aryl methyl sites for hydroxylation is 1. The Morgan fingerprint density at radius 1 is 1.05 bits per heavy atom. The lowest BCUT2D eigenvalue weighted by Gasteiger charge is -2.08. The monoisotopic (exact) mass is 292 g/mol. The van der Waals surface area contributed by atoms with Crippen molar-refractivity contribution in [1.82, 2.24) is 5.32 Å². The van der Waals surface area contributed by atoms with Crippen LogP contribution in [0, 0.1) is 0 Å². The van der Waals surface area contributed by atoms with E-state index in [-0.39, 0.29) is 6.03 Å². The molecule has 0 atom stereocenters. The van der Waals surface area contributed by atoms with Gasteiger partial charge in [-0.1, -0.05) is 38.8 Å². The first-order chi connectivity index (χ1) is 10.3. The molecule has 4 heteroatoms. The Labute approximate surface area is 128 Å². The molecule has 0 radical (unpaired) electrons. The molecule has 2 N–H and O–H groups in total. The van der Waals surface area contributed by atoms with Gasteiger partial charge in [-0.25, -0.2) is 4.79 Å². The Morgan fingerprint density at radius 2 is 1.76 bits per heavy atom. The van der Waals surface area contributed by atoms with Gasteiger partial charge < -0.3 is 15.4 Å². The van der Waals surface area contributed by atoms with Crippen LogP contribution in [0.5, 0.6) is 0 Å². The van der Waals surface area contributed by atoms with E-state index in [1.807, 2.05) is 12.1 Å². The van der Waals surface area contributed by atoms with Crippen LogP contribution in [-0.2, 0) is 11.2 Å². The topological polar surface area (TPSA) is 50.4 Å². The van der Waals surface area contributed by atoms with E-state index >= 15 is 0 Å². The maximum atomic E-state index is 11.7. The molecule has 2 amide bonds. The van der Waals surface area contributed by atoms with Gasteiger partial charge >= 0.3 is 6.03 Å². The number of hydrogen-bond acceptors (Lipinski definition) is 2. The van der Waals surface area contributed by atoms with Crippen molar-refractivity contribution in [3.63, 3.8) is 0 Å². The Bertz CT molecular complexity index is 390. The molecule has 0 aliphatic heterocycles. The number of unbranched alkanes of at least 4 members (excludes halogenated alkanes) is 1. The fourth-order valence-electron chi connectivity index (χ4n) is 1.94. The summed E-state index contributed by atoms with van der Waals surface area (Å²) in [6, 6.07) is 7.84. The lowest BCUT2D eigenvalue weighted by Crippen LogP contribution is -2.30. The second-order valence-corrected chi connectivity index (χ2v) is 5.15. The lowest BCUT2D eigenvalue weighted by molar-refractivity contribution is 0.129. The molecule has 0 heterocycles. The summed E-state index contributed by atoms with van der Waals surface area (Å²) >= 11 is 0. The summed E-state index contributed by atoms with van der Waals surface area (Å²) in [7, 11) is 0. The molecule has 0 spiro atoms. The summed E-state index contributed by atoms with van der Waals surface area (Å²) in [5.74, 6) is 0. The molecule has 1 rings (SSSR count). The van der Waals surface area contributed by atoms with Gasteiger partial charge in [0.2, 0.25) is 0 Å². The van der Waals surface area contributed by atoms with Crippen LogP contribution in [0.15, 0.2) is 24.3 Å². The zero-order valence-electron chi connectivity index (χ0n) is 13.3. The molecule has 0 unspecified atom stereocenters. The Balaban J connectivity index is 2.12. The van der Waals surface area contributed by atoms with Gasteiger partial charge in [-0.05, 0) is 37.0 Å². The number of hydrogen-bond donors (Lipinski definition) is 2. The summed E-state index contributed by atoms with van der Waals surface area (Å²) in [4.78, 5) is 11.7. The largest absolute Gasteiger partial charge is 0.381 e. The number of carbonyl (C=O) groups excluding carboxylic acids is 1. The van der Waals surface area contributed by atoms with E-state index in [0.717, 1.165) is 44.4 Å². The van der Waals surface area contributed by atoms with E-state index in [1.165, 1.54) is 5.56 Å². The summed E-state index contributed by atoms with van der Waals surface area (Å²) in [5.41, 5.74) is 2.12. The van der Waals surface area contributed by atoms with Crippen molar-refractivity contribution >= 4 is 11.7 Å². The van der Waals surface area contributed by atoms with Crippen molar-refractivity contribution in [2.24, 2.45) is 0 Å². The van der Waals surface area contributed by atoms with Crippen LogP contribution in [-0.4, -0.2) is 25.8 Å². The summed E-state index contributed by atoms with van der Waals surface area (Å²) < 4.78 is 5.44. The Hall–Kier alpha value is -1.55. The van der Waals surface area contributed by atoms with Gasteiger partial charge in [-0.15, -0.1) is 0 Å². The number of amides is 2. The highest BCUT2D eigenvalue weighted by molar-refractivity contribution is 5.89. The minimum Gasteiger partial charge on any atom is -0.381 e. The average Bonchev–Trinajstić information content (AvgIpc) is 2.49. The van der Waals surface area contributed by atoms with Crippen molar-refractivity contribution in [2.45, 2.75) is 46.0 Å². The smallest absolute Gasteiger partial charge is 0.319 e. The van der Waals surface area contributed by atoms with Crippen LogP contribution >= 0.6 is 0 Å². The van der Waals surface area contributed by atoms with E-state index < -0.39 is 0 Å². The van der Waals surface area contributed by atoms with Crippen molar-refractivity contribution in [2.75, 3.05) is 25.1 Å². The summed E-state index contributed by atoms with van der Waals surface area (Å²) in [6.07, 6.45) is 5.30. The zero-order valence-corrected chi connectivity index (χ0v) is 13.3. The number of carbonyl (C=O) groups is 1. The van der Waals surface area contributed by atoms with Crippen LogP contribution in [0.3, 0.4) is 0 Å². The van der Waals surface area contributed by atoms with Gasteiger partial charge in [-0.2, -0.15) is 0 Å². The van der Waals surface area contributed by atoms with Crippen LogP contribution in [0.4, 0.5) is 10.5 Å². The van der Waals surface area contributed by atoms with Crippen LogP contribution in [0.2, 0.25) is 0 Å². The van der Waals surface area contributed by atoms with E-state index in [9.17, 15) is 4.79 Å². The van der Waals surface area contributed by atoms with Gasteiger partial charge in [0.15, 0.2) is 0 Å². The Kier molecular flexibility index (Phi) is 9.29. The third-order valence-electron chi connectivity index (χ3n) is 3.14. The molecule has 1 aromatic rings. The van der Waals surface area contributed by atoms with Crippen molar-refractivity contribution in [1.29, 1.82) is 0 Å². The van der Waals surface area contributed by atoms with Crippen LogP contribution in [0.25, 0.3) is 0 Å². The molecule has 4 nitrogen and oxygen atoms in total. The van der Waals surface area contributed by atoms with Gasteiger partial charge in [-0.3, -0.25) is 0 Å². The molecule has 0 aromatic heterocycles. The van der Waals surface area contributed by atoms with Crippen molar-refractivity contribution in [3.8, 4) is 0 Å². The molecule has 118 valence electrons. The number of rotatable bonds is 10. The molecule has 0 aliphatic carbocycles. The quantitative estimate of drug-likeness (QED) is 0.641. The molecule has 0 aliphatic rings. The highest BCUT2D eigenvalue weighted by atomic mass is 16.5.